The SMILES string of the molecule is CCCNc1ncnc(N2CCCCCC2C)c1C(C)C. The van der Waals surface area contributed by atoms with Crippen molar-refractivity contribution in [3.8, 4) is 0 Å². The topological polar surface area (TPSA) is 41.1 Å². The molecule has 0 radical (unpaired) electrons. The minimum Gasteiger partial charge on any atom is -0.370 e. The Morgan fingerprint density at radius 2 is 2.10 bits per heavy atom. The van der Waals surface area contributed by atoms with Gasteiger partial charge in [-0.3, -0.25) is 0 Å². The molecule has 1 aromatic heterocycles. The van der Waals surface area contributed by atoms with Crippen molar-refractivity contribution < 1.29 is 0 Å². The molecule has 1 fully saturated rings. The highest BCUT2D eigenvalue weighted by Gasteiger charge is 2.24. The summed E-state index contributed by atoms with van der Waals surface area (Å²) in [6, 6.07) is 0.568. The summed E-state index contributed by atoms with van der Waals surface area (Å²) >= 11 is 0. The summed E-state index contributed by atoms with van der Waals surface area (Å²) in [5.41, 5.74) is 1.28. The van der Waals surface area contributed by atoms with Crippen molar-refractivity contribution in [3.05, 3.63) is 11.9 Å². The monoisotopic (exact) mass is 290 g/mol. The summed E-state index contributed by atoms with van der Waals surface area (Å²) in [5.74, 6) is 2.59. The normalized spacial score (nSPS) is 19.7. The van der Waals surface area contributed by atoms with Gasteiger partial charge in [0, 0.05) is 24.7 Å². The molecule has 4 nitrogen and oxygen atoms in total. The lowest BCUT2D eigenvalue weighted by Crippen LogP contribution is -2.34. The molecule has 2 rings (SSSR count). The average molecular weight is 290 g/mol. The molecule has 0 amide bonds. The Labute approximate surface area is 129 Å². The fourth-order valence-electron chi connectivity index (χ4n) is 3.12. The van der Waals surface area contributed by atoms with E-state index in [0.717, 1.165) is 31.1 Å². The first-order valence-corrected chi connectivity index (χ1v) is 8.50. The van der Waals surface area contributed by atoms with Crippen LogP contribution in [0.25, 0.3) is 0 Å². The van der Waals surface area contributed by atoms with Crippen LogP contribution in [0.5, 0.6) is 0 Å². The Morgan fingerprint density at radius 1 is 1.29 bits per heavy atom. The third-order valence-electron chi connectivity index (χ3n) is 4.31. The van der Waals surface area contributed by atoms with Gasteiger partial charge in [0.25, 0.3) is 0 Å². The minimum atomic E-state index is 0.427. The maximum absolute atomic E-state index is 4.66. The second-order valence-electron chi connectivity index (χ2n) is 6.43. The quantitative estimate of drug-likeness (QED) is 0.882. The second-order valence-corrected chi connectivity index (χ2v) is 6.43. The first kappa shape index (κ1) is 16.1. The molecule has 118 valence electrons. The number of rotatable bonds is 5. The largest absolute Gasteiger partial charge is 0.370 e. The van der Waals surface area contributed by atoms with Gasteiger partial charge in [0.05, 0.1) is 0 Å². The number of aromatic nitrogens is 2. The minimum absolute atomic E-state index is 0.427. The van der Waals surface area contributed by atoms with E-state index in [1.807, 2.05) is 0 Å². The van der Waals surface area contributed by atoms with Crippen LogP contribution in [0.15, 0.2) is 6.33 Å². The van der Waals surface area contributed by atoms with Gasteiger partial charge in [-0.05, 0) is 32.1 Å². The van der Waals surface area contributed by atoms with Gasteiger partial charge in [-0.2, -0.15) is 0 Å². The van der Waals surface area contributed by atoms with Gasteiger partial charge in [0.1, 0.15) is 18.0 Å². The van der Waals surface area contributed by atoms with Crippen LogP contribution in [-0.2, 0) is 0 Å². The molecular weight excluding hydrogens is 260 g/mol. The molecule has 1 aromatic rings. The summed E-state index contributed by atoms with van der Waals surface area (Å²) in [7, 11) is 0. The van der Waals surface area contributed by atoms with E-state index in [2.05, 4.69) is 47.9 Å². The number of hydrogen-bond donors (Lipinski definition) is 1. The molecule has 0 aromatic carbocycles. The van der Waals surface area contributed by atoms with Gasteiger partial charge in [0.2, 0.25) is 0 Å². The Balaban J connectivity index is 2.36. The molecule has 1 N–H and O–H groups in total. The van der Waals surface area contributed by atoms with Crippen LogP contribution in [0.2, 0.25) is 0 Å². The fourth-order valence-corrected chi connectivity index (χ4v) is 3.12. The molecule has 2 heterocycles. The molecule has 0 bridgehead atoms. The van der Waals surface area contributed by atoms with E-state index >= 15 is 0 Å². The third kappa shape index (κ3) is 3.86. The molecule has 1 aliphatic heterocycles. The highest BCUT2D eigenvalue weighted by molar-refractivity contribution is 5.60. The van der Waals surface area contributed by atoms with Crippen molar-refractivity contribution in [3.63, 3.8) is 0 Å². The number of nitrogens with one attached hydrogen (secondary N) is 1. The zero-order chi connectivity index (χ0) is 15.2. The second kappa shape index (κ2) is 7.62. The van der Waals surface area contributed by atoms with E-state index in [1.165, 1.54) is 31.2 Å². The number of anilines is 2. The molecule has 0 aliphatic carbocycles. The highest BCUT2D eigenvalue weighted by atomic mass is 15.2. The zero-order valence-corrected chi connectivity index (χ0v) is 14.0. The molecule has 0 saturated carbocycles. The Hall–Kier alpha value is -1.32. The van der Waals surface area contributed by atoms with Crippen molar-refractivity contribution in [2.24, 2.45) is 0 Å². The van der Waals surface area contributed by atoms with E-state index in [0.29, 0.717) is 12.0 Å². The van der Waals surface area contributed by atoms with Crippen molar-refractivity contribution in [2.75, 3.05) is 23.3 Å². The van der Waals surface area contributed by atoms with Crippen molar-refractivity contribution in [1.29, 1.82) is 0 Å². The molecule has 1 unspecified atom stereocenters. The number of hydrogen-bond acceptors (Lipinski definition) is 4. The van der Waals surface area contributed by atoms with Crippen LogP contribution in [0.3, 0.4) is 0 Å². The lowest BCUT2D eigenvalue weighted by molar-refractivity contribution is 0.606. The third-order valence-corrected chi connectivity index (χ3v) is 4.31. The van der Waals surface area contributed by atoms with E-state index in [9.17, 15) is 0 Å². The average Bonchev–Trinajstić information content (AvgIpc) is 2.69. The number of nitrogens with zero attached hydrogens (tertiary/aromatic N) is 3. The molecular formula is C17H30N4. The molecule has 4 heteroatoms. The predicted octanol–water partition coefficient (Wildman–Crippen LogP) is 4.19. The van der Waals surface area contributed by atoms with Crippen LogP contribution in [0, 0.1) is 0 Å². The lowest BCUT2D eigenvalue weighted by atomic mass is 10.0. The van der Waals surface area contributed by atoms with Gasteiger partial charge in [-0.1, -0.05) is 33.6 Å². The van der Waals surface area contributed by atoms with Crippen LogP contribution < -0.4 is 10.2 Å². The van der Waals surface area contributed by atoms with Gasteiger partial charge < -0.3 is 10.2 Å². The Bertz CT molecular complexity index is 444. The van der Waals surface area contributed by atoms with E-state index < -0.39 is 0 Å². The van der Waals surface area contributed by atoms with Crippen molar-refractivity contribution in [2.45, 2.75) is 71.8 Å². The van der Waals surface area contributed by atoms with E-state index in [4.69, 9.17) is 0 Å². The van der Waals surface area contributed by atoms with Crippen LogP contribution >= 0.6 is 0 Å². The summed E-state index contributed by atoms with van der Waals surface area (Å²) in [5, 5.41) is 3.48. The van der Waals surface area contributed by atoms with Crippen LogP contribution in [0.1, 0.15) is 71.3 Å². The highest BCUT2D eigenvalue weighted by Crippen LogP contribution is 2.33. The van der Waals surface area contributed by atoms with E-state index in [-0.39, 0.29) is 0 Å². The standard InChI is InChI=1S/C17H30N4/c1-5-10-18-16-15(13(2)3)17(20-12-19-16)21-11-8-6-7-9-14(21)4/h12-14H,5-11H2,1-4H3,(H,18,19,20). The molecule has 0 spiro atoms. The zero-order valence-electron chi connectivity index (χ0n) is 14.0. The Morgan fingerprint density at radius 3 is 2.81 bits per heavy atom. The molecule has 1 atom stereocenters. The van der Waals surface area contributed by atoms with E-state index in [1.54, 1.807) is 6.33 Å². The maximum atomic E-state index is 4.66. The van der Waals surface area contributed by atoms with Crippen LogP contribution in [-0.4, -0.2) is 29.1 Å². The first-order chi connectivity index (χ1) is 10.1. The molecule has 1 saturated heterocycles. The lowest BCUT2D eigenvalue weighted by Gasteiger charge is -2.31. The maximum Gasteiger partial charge on any atom is 0.137 e. The van der Waals surface area contributed by atoms with Crippen molar-refractivity contribution in [1.82, 2.24) is 9.97 Å². The Kier molecular flexibility index (Phi) is 5.83. The van der Waals surface area contributed by atoms with Gasteiger partial charge >= 0.3 is 0 Å². The van der Waals surface area contributed by atoms with Gasteiger partial charge in [-0.15, -0.1) is 0 Å². The molecule has 21 heavy (non-hydrogen) atoms. The summed E-state index contributed by atoms with van der Waals surface area (Å²) < 4.78 is 0. The predicted molar refractivity (Wildman–Crippen MR) is 90.2 cm³/mol. The smallest absolute Gasteiger partial charge is 0.137 e. The van der Waals surface area contributed by atoms with Crippen molar-refractivity contribution >= 4 is 11.6 Å². The van der Waals surface area contributed by atoms with Gasteiger partial charge in [-0.25, -0.2) is 9.97 Å². The summed E-state index contributed by atoms with van der Waals surface area (Å²) in [6.07, 6.45) is 8.03. The summed E-state index contributed by atoms with van der Waals surface area (Å²) in [6.45, 7) is 11.1. The molecule has 1 aliphatic rings. The fraction of sp³-hybridized carbons (Fsp3) is 0.765. The first-order valence-electron chi connectivity index (χ1n) is 8.50. The van der Waals surface area contributed by atoms with Gasteiger partial charge in [0.15, 0.2) is 0 Å². The van der Waals surface area contributed by atoms with Crippen LogP contribution in [0.4, 0.5) is 11.6 Å². The summed E-state index contributed by atoms with van der Waals surface area (Å²) in [4.78, 5) is 11.7.